The maximum atomic E-state index is 13.5. The first-order valence-electron chi connectivity index (χ1n) is 11.4. The first-order valence-corrected chi connectivity index (χ1v) is 11.4. The Balaban J connectivity index is 1.49. The standard InChI is InChI=1S/C27H26N2O6/c1-15-11-23(31)26(33)27(35-15)19(16-7-8-22(30)24(12-16)34-2)13-25(32)29-10-9-18-17-5-3-4-6-20(17)28-21(18)14-29/h3-8,11-12,19,28,30,33H,9-10,13-14H2,1-2H3/t19-/m0/s1. The van der Waals surface area contributed by atoms with Gasteiger partial charge in [0.2, 0.25) is 17.1 Å². The average molecular weight is 475 g/mol. The number of phenolic OH excluding ortho intramolecular Hbond substituents is 1. The smallest absolute Gasteiger partial charge is 0.227 e. The van der Waals surface area contributed by atoms with Gasteiger partial charge in [-0.3, -0.25) is 9.59 Å². The Kier molecular flexibility index (Phi) is 5.72. The van der Waals surface area contributed by atoms with E-state index in [2.05, 4.69) is 11.1 Å². The number of carbonyl (C=O) groups excluding carboxylic acids is 1. The van der Waals surface area contributed by atoms with Gasteiger partial charge in [0.1, 0.15) is 5.76 Å². The van der Waals surface area contributed by atoms with Crippen LogP contribution in [0.3, 0.4) is 0 Å². The largest absolute Gasteiger partial charge is 0.504 e. The topological polar surface area (TPSA) is 116 Å². The van der Waals surface area contributed by atoms with Crippen LogP contribution in [0.25, 0.3) is 10.9 Å². The number of benzene rings is 2. The second-order valence-corrected chi connectivity index (χ2v) is 8.82. The highest BCUT2D eigenvalue weighted by Crippen LogP contribution is 2.38. The zero-order valence-corrected chi connectivity index (χ0v) is 19.5. The van der Waals surface area contributed by atoms with Crippen molar-refractivity contribution in [2.45, 2.75) is 32.2 Å². The number of phenols is 1. The number of fused-ring (bicyclic) bond motifs is 3. The fourth-order valence-corrected chi connectivity index (χ4v) is 4.84. The van der Waals surface area contributed by atoms with Crippen molar-refractivity contribution in [3.05, 3.63) is 87.1 Å². The highest BCUT2D eigenvalue weighted by Gasteiger charge is 2.30. The number of amides is 1. The van der Waals surface area contributed by atoms with E-state index in [1.807, 2.05) is 18.2 Å². The average Bonchev–Trinajstić information content (AvgIpc) is 3.23. The van der Waals surface area contributed by atoms with Crippen molar-refractivity contribution in [2.75, 3.05) is 13.7 Å². The van der Waals surface area contributed by atoms with Gasteiger partial charge in [0, 0.05) is 35.6 Å². The van der Waals surface area contributed by atoms with Crippen molar-refractivity contribution in [3.8, 4) is 17.2 Å². The van der Waals surface area contributed by atoms with Crippen LogP contribution >= 0.6 is 0 Å². The number of nitrogens with zero attached hydrogens (tertiary/aromatic N) is 1. The second-order valence-electron chi connectivity index (χ2n) is 8.82. The quantitative estimate of drug-likeness (QED) is 0.403. The minimum absolute atomic E-state index is 0.0133. The molecule has 5 rings (SSSR count). The van der Waals surface area contributed by atoms with Gasteiger partial charge in [0.05, 0.1) is 19.6 Å². The molecular weight excluding hydrogens is 448 g/mol. The molecule has 8 nitrogen and oxygen atoms in total. The Morgan fingerprint density at radius 2 is 2.00 bits per heavy atom. The number of rotatable bonds is 5. The monoisotopic (exact) mass is 474 g/mol. The predicted molar refractivity (Wildman–Crippen MR) is 130 cm³/mol. The van der Waals surface area contributed by atoms with Gasteiger partial charge in [-0.1, -0.05) is 24.3 Å². The van der Waals surface area contributed by atoms with Crippen LogP contribution in [-0.2, 0) is 17.8 Å². The second kappa shape index (κ2) is 8.87. The van der Waals surface area contributed by atoms with E-state index in [0.29, 0.717) is 24.4 Å². The summed E-state index contributed by atoms with van der Waals surface area (Å²) in [5.74, 6) is -0.930. The van der Waals surface area contributed by atoms with E-state index in [1.165, 1.54) is 30.2 Å². The minimum Gasteiger partial charge on any atom is -0.504 e. The molecule has 1 amide bonds. The minimum atomic E-state index is -0.756. The number of aromatic amines is 1. The number of methoxy groups -OCH3 is 1. The Bertz CT molecular complexity index is 1490. The van der Waals surface area contributed by atoms with Crippen LogP contribution in [0.15, 0.2) is 57.7 Å². The SMILES string of the molecule is COc1cc([C@H](CC(=O)N2CCc3c([nH]c4ccccc34)C2)c2oc(C)cc(=O)c2O)ccc1O. The third-order valence-corrected chi connectivity index (χ3v) is 6.61. The number of aromatic hydroxyl groups is 2. The van der Waals surface area contributed by atoms with Gasteiger partial charge >= 0.3 is 0 Å². The molecule has 0 bridgehead atoms. The van der Waals surface area contributed by atoms with Crippen LogP contribution in [-0.4, -0.2) is 39.7 Å². The number of aryl methyl sites for hydroxylation is 1. The van der Waals surface area contributed by atoms with Crippen molar-refractivity contribution in [3.63, 3.8) is 0 Å². The lowest BCUT2D eigenvalue weighted by molar-refractivity contribution is -0.132. The molecule has 0 saturated carbocycles. The van der Waals surface area contributed by atoms with Crippen molar-refractivity contribution in [1.29, 1.82) is 0 Å². The van der Waals surface area contributed by atoms with Crippen molar-refractivity contribution >= 4 is 16.8 Å². The molecule has 0 fully saturated rings. The first-order chi connectivity index (χ1) is 16.9. The van der Waals surface area contributed by atoms with Crippen LogP contribution in [0.2, 0.25) is 0 Å². The van der Waals surface area contributed by atoms with E-state index in [0.717, 1.165) is 17.6 Å². The maximum Gasteiger partial charge on any atom is 0.227 e. The summed E-state index contributed by atoms with van der Waals surface area (Å²) in [5.41, 5.74) is 3.28. The number of ether oxygens (including phenoxy) is 1. The van der Waals surface area contributed by atoms with E-state index >= 15 is 0 Å². The lowest BCUT2D eigenvalue weighted by Crippen LogP contribution is -2.36. The lowest BCUT2D eigenvalue weighted by atomic mass is 9.90. The van der Waals surface area contributed by atoms with Gasteiger partial charge in [-0.05, 0) is 42.7 Å². The Morgan fingerprint density at radius 3 is 2.80 bits per heavy atom. The Morgan fingerprint density at radius 1 is 1.20 bits per heavy atom. The molecule has 180 valence electrons. The maximum absolute atomic E-state index is 13.5. The van der Waals surface area contributed by atoms with Crippen molar-refractivity contribution < 1.29 is 24.2 Å². The summed E-state index contributed by atoms with van der Waals surface area (Å²) in [7, 11) is 1.43. The summed E-state index contributed by atoms with van der Waals surface area (Å²) in [6, 6.07) is 14.0. The number of H-pyrrole nitrogens is 1. The molecule has 1 atom stereocenters. The molecule has 4 aromatic rings. The number of aromatic nitrogens is 1. The highest BCUT2D eigenvalue weighted by atomic mass is 16.5. The summed E-state index contributed by atoms with van der Waals surface area (Å²) in [5, 5.41) is 21.8. The molecular formula is C27H26N2O6. The summed E-state index contributed by atoms with van der Waals surface area (Å²) >= 11 is 0. The van der Waals surface area contributed by atoms with E-state index < -0.39 is 17.1 Å². The molecule has 0 radical (unpaired) electrons. The van der Waals surface area contributed by atoms with E-state index in [1.54, 1.807) is 24.0 Å². The number of carbonyl (C=O) groups is 1. The molecule has 1 aliphatic rings. The summed E-state index contributed by atoms with van der Waals surface area (Å²) in [4.78, 5) is 31.0. The molecule has 1 aliphatic heterocycles. The fraction of sp³-hybridized carbons (Fsp3) is 0.259. The molecule has 0 saturated heterocycles. The van der Waals surface area contributed by atoms with Crippen LogP contribution in [0.5, 0.6) is 17.2 Å². The summed E-state index contributed by atoms with van der Waals surface area (Å²) < 4.78 is 11.0. The van der Waals surface area contributed by atoms with E-state index in [4.69, 9.17) is 9.15 Å². The Hall–Kier alpha value is -4.20. The highest BCUT2D eigenvalue weighted by molar-refractivity contribution is 5.86. The van der Waals surface area contributed by atoms with Crippen LogP contribution in [0.4, 0.5) is 0 Å². The number of para-hydroxylation sites is 1. The van der Waals surface area contributed by atoms with Gasteiger partial charge in [-0.25, -0.2) is 0 Å². The van der Waals surface area contributed by atoms with Gasteiger partial charge in [0.25, 0.3) is 0 Å². The predicted octanol–water partition coefficient (Wildman–Crippen LogP) is 3.96. The van der Waals surface area contributed by atoms with Gasteiger partial charge < -0.3 is 29.3 Å². The molecule has 3 N–H and O–H groups in total. The third kappa shape index (κ3) is 4.12. The van der Waals surface area contributed by atoms with Gasteiger partial charge in [-0.15, -0.1) is 0 Å². The normalized spacial score (nSPS) is 14.1. The zero-order valence-electron chi connectivity index (χ0n) is 19.5. The van der Waals surface area contributed by atoms with Crippen molar-refractivity contribution in [2.24, 2.45) is 0 Å². The Labute approximate surface area is 201 Å². The molecule has 35 heavy (non-hydrogen) atoms. The third-order valence-electron chi connectivity index (χ3n) is 6.61. The lowest BCUT2D eigenvalue weighted by Gasteiger charge is -2.29. The van der Waals surface area contributed by atoms with E-state index in [-0.39, 0.29) is 29.6 Å². The molecule has 2 aromatic heterocycles. The summed E-state index contributed by atoms with van der Waals surface area (Å²) in [6.07, 6.45) is 0.691. The van der Waals surface area contributed by atoms with E-state index in [9.17, 15) is 19.8 Å². The van der Waals surface area contributed by atoms with Crippen LogP contribution < -0.4 is 10.2 Å². The number of nitrogens with one attached hydrogen (secondary N) is 1. The van der Waals surface area contributed by atoms with Crippen LogP contribution in [0.1, 0.15) is 40.7 Å². The van der Waals surface area contributed by atoms with Gasteiger partial charge in [-0.2, -0.15) is 0 Å². The van der Waals surface area contributed by atoms with Crippen LogP contribution in [0, 0.1) is 6.92 Å². The number of hydrogen-bond donors (Lipinski definition) is 3. The number of hydrogen-bond acceptors (Lipinski definition) is 6. The fourth-order valence-electron chi connectivity index (χ4n) is 4.84. The van der Waals surface area contributed by atoms with Gasteiger partial charge in [0.15, 0.2) is 17.3 Å². The zero-order chi connectivity index (χ0) is 24.7. The summed E-state index contributed by atoms with van der Waals surface area (Å²) in [6.45, 7) is 2.62. The molecule has 3 heterocycles. The van der Waals surface area contributed by atoms with Crippen molar-refractivity contribution in [1.82, 2.24) is 9.88 Å². The molecule has 0 unspecified atom stereocenters. The molecule has 0 aliphatic carbocycles. The molecule has 2 aromatic carbocycles. The first kappa shape index (κ1) is 22.6. The molecule has 0 spiro atoms. The molecule has 8 heteroatoms.